The van der Waals surface area contributed by atoms with Crippen molar-refractivity contribution < 1.29 is 24.2 Å². The molecule has 2 aromatic carbocycles. The van der Waals surface area contributed by atoms with E-state index in [1.807, 2.05) is 49.3 Å². The average Bonchev–Trinajstić information content (AvgIpc) is 3.18. The third kappa shape index (κ3) is 6.37. The van der Waals surface area contributed by atoms with Crippen molar-refractivity contribution in [3.05, 3.63) is 65.2 Å². The Bertz CT molecular complexity index is 1140. The average molecular weight is 522 g/mol. The van der Waals surface area contributed by atoms with Gasteiger partial charge in [-0.05, 0) is 42.7 Å². The molecule has 1 atom stereocenters. The van der Waals surface area contributed by atoms with Gasteiger partial charge in [-0.3, -0.25) is 14.5 Å². The number of ketones is 1. The van der Waals surface area contributed by atoms with Crippen LogP contribution in [-0.2, 0) is 14.3 Å². The van der Waals surface area contributed by atoms with E-state index in [1.165, 1.54) is 0 Å². The fourth-order valence-corrected chi connectivity index (χ4v) is 4.92. The highest BCUT2D eigenvalue weighted by atomic mass is 16.5. The highest BCUT2D eigenvalue weighted by Crippen LogP contribution is 2.40. The van der Waals surface area contributed by atoms with Crippen molar-refractivity contribution in [1.82, 2.24) is 9.80 Å². The number of anilines is 1. The zero-order valence-corrected chi connectivity index (χ0v) is 22.7. The van der Waals surface area contributed by atoms with Gasteiger partial charge in [0, 0.05) is 51.5 Å². The van der Waals surface area contributed by atoms with E-state index in [4.69, 9.17) is 9.47 Å². The lowest BCUT2D eigenvalue weighted by molar-refractivity contribution is -0.140. The molecule has 2 aliphatic heterocycles. The standard InChI is InChI=1S/C30H39N3O5/c1-4-5-18-38-25-9-6-8-23(21-25)28(34)26-27(22-10-12-24(13-11-22)31(2)3)33(30(36)29(26)35)15-7-14-32-16-19-37-20-17-32/h6,8-13,21,27,34H,4-5,7,14-20H2,1-3H3/b28-26+. The molecule has 4 rings (SSSR count). The molecule has 0 aromatic heterocycles. The van der Waals surface area contributed by atoms with Crippen molar-refractivity contribution in [3.63, 3.8) is 0 Å². The van der Waals surface area contributed by atoms with Crippen molar-refractivity contribution in [2.24, 2.45) is 0 Å². The first-order chi connectivity index (χ1) is 18.4. The molecule has 1 unspecified atom stereocenters. The van der Waals surface area contributed by atoms with Crippen LogP contribution in [0.25, 0.3) is 5.76 Å². The van der Waals surface area contributed by atoms with Gasteiger partial charge in [-0.25, -0.2) is 0 Å². The molecule has 2 aliphatic rings. The molecule has 8 heteroatoms. The van der Waals surface area contributed by atoms with Crippen LogP contribution >= 0.6 is 0 Å². The van der Waals surface area contributed by atoms with Crippen molar-refractivity contribution in [3.8, 4) is 5.75 Å². The van der Waals surface area contributed by atoms with E-state index in [1.54, 1.807) is 23.1 Å². The maximum Gasteiger partial charge on any atom is 0.295 e. The van der Waals surface area contributed by atoms with Crippen molar-refractivity contribution in [1.29, 1.82) is 0 Å². The Kier molecular flexibility index (Phi) is 9.42. The lowest BCUT2D eigenvalue weighted by Crippen LogP contribution is -2.38. The number of rotatable bonds is 11. The molecule has 2 heterocycles. The van der Waals surface area contributed by atoms with Crippen molar-refractivity contribution >= 4 is 23.1 Å². The van der Waals surface area contributed by atoms with Crippen LogP contribution in [0.1, 0.15) is 43.4 Å². The molecule has 1 N–H and O–H groups in total. The number of nitrogens with zero attached hydrogens (tertiary/aromatic N) is 3. The number of amides is 1. The quantitative estimate of drug-likeness (QED) is 0.207. The Morgan fingerprint density at radius 3 is 2.47 bits per heavy atom. The summed E-state index contributed by atoms with van der Waals surface area (Å²) in [6.07, 6.45) is 2.66. The van der Waals surface area contributed by atoms with Crippen LogP contribution in [0.15, 0.2) is 54.1 Å². The minimum absolute atomic E-state index is 0.115. The predicted molar refractivity (Wildman–Crippen MR) is 148 cm³/mol. The largest absolute Gasteiger partial charge is 0.507 e. The molecule has 1 amide bonds. The number of ether oxygens (including phenoxy) is 2. The molecule has 0 saturated carbocycles. The molecule has 38 heavy (non-hydrogen) atoms. The molecule has 2 aromatic rings. The number of Topliss-reactive ketones (excluding diaryl/α,β-unsaturated/α-hetero) is 1. The van der Waals surface area contributed by atoms with Gasteiger partial charge in [0.25, 0.3) is 11.7 Å². The number of benzene rings is 2. The fourth-order valence-electron chi connectivity index (χ4n) is 4.92. The summed E-state index contributed by atoms with van der Waals surface area (Å²) in [4.78, 5) is 32.6. The first-order valence-corrected chi connectivity index (χ1v) is 13.5. The van der Waals surface area contributed by atoms with E-state index in [0.29, 0.717) is 37.7 Å². The molecular formula is C30H39N3O5. The second-order valence-corrected chi connectivity index (χ2v) is 10.0. The lowest BCUT2D eigenvalue weighted by Gasteiger charge is -2.29. The van der Waals surface area contributed by atoms with E-state index in [9.17, 15) is 14.7 Å². The predicted octanol–water partition coefficient (Wildman–Crippen LogP) is 4.08. The molecule has 0 radical (unpaired) electrons. The molecule has 0 aliphatic carbocycles. The summed E-state index contributed by atoms with van der Waals surface area (Å²) >= 11 is 0. The smallest absolute Gasteiger partial charge is 0.295 e. The summed E-state index contributed by atoms with van der Waals surface area (Å²) in [6.45, 7) is 7.06. The third-order valence-electron chi connectivity index (χ3n) is 7.12. The summed E-state index contributed by atoms with van der Waals surface area (Å²) in [7, 11) is 3.92. The molecule has 204 valence electrons. The topological polar surface area (TPSA) is 82.5 Å². The van der Waals surface area contributed by atoms with Gasteiger partial charge < -0.3 is 24.4 Å². The van der Waals surface area contributed by atoms with Crippen LogP contribution in [0.5, 0.6) is 5.75 Å². The zero-order chi connectivity index (χ0) is 27.1. The summed E-state index contributed by atoms with van der Waals surface area (Å²) in [5.41, 5.74) is 2.37. The van der Waals surface area contributed by atoms with E-state index in [-0.39, 0.29) is 11.3 Å². The summed E-state index contributed by atoms with van der Waals surface area (Å²) < 4.78 is 11.2. The first-order valence-electron chi connectivity index (χ1n) is 13.5. The SMILES string of the molecule is CCCCOc1cccc(/C(O)=C2\C(=O)C(=O)N(CCCN3CCOCC3)C2c2ccc(N(C)C)cc2)c1. The fraction of sp³-hybridized carbons (Fsp3) is 0.467. The molecule has 0 spiro atoms. The van der Waals surface area contributed by atoms with Gasteiger partial charge in [0.2, 0.25) is 0 Å². The molecule has 2 saturated heterocycles. The van der Waals surface area contributed by atoms with Crippen LogP contribution in [0, 0.1) is 0 Å². The van der Waals surface area contributed by atoms with Gasteiger partial charge in [0.1, 0.15) is 11.5 Å². The second-order valence-electron chi connectivity index (χ2n) is 10.0. The van der Waals surface area contributed by atoms with Crippen LogP contribution in [0.4, 0.5) is 5.69 Å². The summed E-state index contributed by atoms with van der Waals surface area (Å²) in [5.74, 6) is -0.797. The van der Waals surface area contributed by atoms with Gasteiger partial charge in [-0.1, -0.05) is 37.6 Å². The van der Waals surface area contributed by atoms with Crippen molar-refractivity contribution in [2.75, 3.05) is 65.0 Å². The Hall–Kier alpha value is -3.36. The minimum atomic E-state index is -0.666. The van der Waals surface area contributed by atoms with Gasteiger partial charge in [-0.2, -0.15) is 0 Å². The lowest BCUT2D eigenvalue weighted by atomic mass is 9.95. The molecule has 8 nitrogen and oxygen atoms in total. The van der Waals surface area contributed by atoms with Gasteiger partial charge >= 0.3 is 0 Å². The first kappa shape index (κ1) is 27.7. The second kappa shape index (κ2) is 12.9. The Balaban J connectivity index is 1.66. The number of carbonyl (C=O) groups is 2. The Labute approximate surface area is 225 Å². The maximum atomic E-state index is 13.4. The molecule has 2 fully saturated rings. The van der Waals surface area contributed by atoms with E-state index >= 15 is 0 Å². The number of aliphatic hydroxyl groups is 1. The van der Waals surface area contributed by atoms with E-state index < -0.39 is 17.7 Å². The number of hydrogen-bond acceptors (Lipinski definition) is 7. The van der Waals surface area contributed by atoms with E-state index in [0.717, 1.165) is 50.1 Å². The normalized spacial score (nSPS) is 19.7. The number of unbranched alkanes of at least 4 members (excludes halogenated alkanes) is 1. The van der Waals surface area contributed by atoms with Crippen molar-refractivity contribution in [2.45, 2.75) is 32.2 Å². The molecule has 0 bridgehead atoms. The number of likely N-dealkylation sites (tertiary alicyclic amines) is 1. The zero-order valence-electron chi connectivity index (χ0n) is 22.7. The Morgan fingerprint density at radius 2 is 1.79 bits per heavy atom. The van der Waals surface area contributed by atoms with Gasteiger partial charge in [-0.15, -0.1) is 0 Å². The maximum absolute atomic E-state index is 13.4. The summed E-state index contributed by atoms with van der Waals surface area (Å²) in [5, 5.41) is 11.4. The van der Waals surface area contributed by atoms with Crippen LogP contribution in [0.3, 0.4) is 0 Å². The number of hydrogen-bond donors (Lipinski definition) is 1. The third-order valence-corrected chi connectivity index (χ3v) is 7.12. The minimum Gasteiger partial charge on any atom is -0.507 e. The highest BCUT2D eigenvalue weighted by molar-refractivity contribution is 6.46. The Morgan fingerprint density at radius 1 is 1.05 bits per heavy atom. The van der Waals surface area contributed by atoms with Gasteiger partial charge in [0.15, 0.2) is 0 Å². The van der Waals surface area contributed by atoms with Crippen LogP contribution in [-0.4, -0.2) is 86.7 Å². The monoisotopic (exact) mass is 521 g/mol. The number of morpholine rings is 1. The molecular weight excluding hydrogens is 482 g/mol. The van der Waals surface area contributed by atoms with Crippen LogP contribution < -0.4 is 9.64 Å². The number of aliphatic hydroxyl groups excluding tert-OH is 1. The van der Waals surface area contributed by atoms with Gasteiger partial charge in [0.05, 0.1) is 31.4 Å². The summed E-state index contributed by atoms with van der Waals surface area (Å²) in [6, 6.07) is 14.2. The van der Waals surface area contributed by atoms with Crippen LogP contribution in [0.2, 0.25) is 0 Å². The van der Waals surface area contributed by atoms with E-state index in [2.05, 4.69) is 11.8 Å². The highest BCUT2D eigenvalue weighted by Gasteiger charge is 2.45. The number of carbonyl (C=O) groups excluding carboxylic acids is 2.